The van der Waals surface area contributed by atoms with Gasteiger partial charge in [0.1, 0.15) is 5.76 Å². The number of imide groups is 1. The fourth-order valence-electron chi connectivity index (χ4n) is 3.60. The van der Waals surface area contributed by atoms with Crippen molar-refractivity contribution in [3.8, 4) is 24.7 Å². The van der Waals surface area contributed by atoms with Gasteiger partial charge in [-0.25, -0.2) is 0 Å². The molecule has 1 N–H and O–H groups in total. The predicted octanol–water partition coefficient (Wildman–Crippen LogP) is 3.71. The first kappa shape index (κ1) is 26.3. The lowest BCUT2D eigenvalue weighted by atomic mass is 10.1. The number of hydrogen-bond acceptors (Lipinski definition) is 4. The van der Waals surface area contributed by atoms with Crippen LogP contribution in [0.15, 0.2) is 11.8 Å². The van der Waals surface area contributed by atoms with Gasteiger partial charge in [0.25, 0.3) is 5.91 Å². The Hall–Kier alpha value is -2.73. The van der Waals surface area contributed by atoms with Crippen molar-refractivity contribution in [2.45, 2.75) is 89.5 Å². The van der Waals surface area contributed by atoms with Crippen LogP contribution in [0.5, 0.6) is 0 Å². The zero-order valence-electron chi connectivity index (χ0n) is 18.8. The molecule has 1 atom stereocenters. The van der Waals surface area contributed by atoms with Crippen molar-refractivity contribution in [1.82, 2.24) is 10.2 Å². The van der Waals surface area contributed by atoms with Crippen molar-refractivity contribution in [2.75, 3.05) is 13.7 Å². The van der Waals surface area contributed by atoms with Crippen LogP contribution < -0.4 is 5.32 Å². The van der Waals surface area contributed by atoms with Crippen LogP contribution in [0.2, 0.25) is 0 Å². The van der Waals surface area contributed by atoms with E-state index in [1.54, 1.807) is 0 Å². The molecule has 0 spiro atoms. The van der Waals surface area contributed by atoms with Crippen molar-refractivity contribution >= 4 is 17.7 Å². The number of terminal acetylenes is 2. The first-order valence-corrected chi connectivity index (χ1v) is 11.3. The molecular formula is C25H36N2O4. The maximum atomic E-state index is 12.6. The van der Waals surface area contributed by atoms with Crippen LogP contribution in [-0.2, 0) is 19.1 Å². The number of ether oxygens (including phenoxy) is 1. The molecule has 0 saturated carbocycles. The minimum Gasteiger partial charge on any atom is -0.499 e. The summed E-state index contributed by atoms with van der Waals surface area (Å²) in [6, 6.07) is -0.359. The SMILES string of the molecule is C#CCCCCCC(=O)NCCCCC1C(OC)=CC(=O)N1C(=O)CCCCCC#C. The molecule has 3 amide bonds. The largest absolute Gasteiger partial charge is 0.499 e. The summed E-state index contributed by atoms with van der Waals surface area (Å²) in [6.07, 6.45) is 21.6. The Bertz CT molecular complexity index is 699. The van der Waals surface area contributed by atoms with E-state index in [-0.39, 0.29) is 23.8 Å². The highest BCUT2D eigenvalue weighted by molar-refractivity contribution is 6.04. The number of nitrogens with one attached hydrogen (secondary N) is 1. The lowest BCUT2D eigenvalue weighted by Gasteiger charge is -2.25. The van der Waals surface area contributed by atoms with E-state index in [2.05, 4.69) is 17.2 Å². The number of carbonyl (C=O) groups is 3. The van der Waals surface area contributed by atoms with Gasteiger partial charge in [-0.05, 0) is 44.9 Å². The van der Waals surface area contributed by atoms with Gasteiger partial charge in [0.2, 0.25) is 11.8 Å². The van der Waals surface area contributed by atoms with Gasteiger partial charge < -0.3 is 10.1 Å². The van der Waals surface area contributed by atoms with Gasteiger partial charge in [-0.2, -0.15) is 0 Å². The molecule has 0 aliphatic carbocycles. The molecule has 170 valence electrons. The summed E-state index contributed by atoms with van der Waals surface area (Å²) >= 11 is 0. The van der Waals surface area contributed by atoms with Gasteiger partial charge in [0.15, 0.2) is 0 Å². The second-order valence-corrected chi connectivity index (χ2v) is 7.74. The fraction of sp³-hybridized carbons (Fsp3) is 0.640. The molecule has 1 rings (SSSR count). The van der Waals surface area contributed by atoms with Crippen LogP contribution in [0, 0.1) is 24.7 Å². The zero-order chi connectivity index (χ0) is 22.9. The molecule has 1 aliphatic heterocycles. The number of carbonyl (C=O) groups excluding carboxylic acids is 3. The molecule has 0 bridgehead atoms. The maximum absolute atomic E-state index is 12.6. The predicted molar refractivity (Wildman–Crippen MR) is 121 cm³/mol. The highest BCUT2D eigenvalue weighted by Crippen LogP contribution is 2.26. The minimum absolute atomic E-state index is 0.0517. The molecule has 6 heteroatoms. The third-order valence-electron chi connectivity index (χ3n) is 5.31. The van der Waals surface area contributed by atoms with E-state index in [0.29, 0.717) is 44.4 Å². The third-order valence-corrected chi connectivity index (χ3v) is 5.31. The van der Waals surface area contributed by atoms with E-state index in [0.717, 1.165) is 51.4 Å². The van der Waals surface area contributed by atoms with E-state index >= 15 is 0 Å². The van der Waals surface area contributed by atoms with Gasteiger partial charge in [-0.3, -0.25) is 19.3 Å². The summed E-state index contributed by atoms with van der Waals surface area (Å²) in [5, 5.41) is 2.92. The van der Waals surface area contributed by atoms with Crippen molar-refractivity contribution in [1.29, 1.82) is 0 Å². The second-order valence-electron chi connectivity index (χ2n) is 7.74. The topological polar surface area (TPSA) is 75.7 Å². The van der Waals surface area contributed by atoms with Crippen LogP contribution in [0.4, 0.5) is 0 Å². The normalized spacial score (nSPS) is 15.2. The first-order valence-electron chi connectivity index (χ1n) is 11.3. The molecule has 0 radical (unpaired) electrons. The Balaban J connectivity index is 2.34. The van der Waals surface area contributed by atoms with E-state index in [1.807, 2.05) is 0 Å². The second kappa shape index (κ2) is 16.0. The van der Waals surface area contributed by atoms with Crippen LogP contribution >= 0.6 is 0 Å². The summed E-state index contributed by atoms with van der Waals surface area (Å²) in [7, 11) is 1.52. The Kier molecular flexibility index (Phi) is 13.6. The molecule has 0 saturated heterocycles. The van der Waals surface area contributed by atoms with E-state index in [1.165, 1.54) is 18.1 Å². The van der Waals surface area contributed by atoms with Crippen molar-refractivity contribution in [3.63, 3.8) is 0 Å². The number of unbranched alkanes of at least 4 members (excludes halogenated alkanes) is 7. The Morgan fingerprint density at radius 3 is 2.26 bits per heavy atom. The monoisotopic (exact) mass is 428 g/mol. The smallest absolute Gasteiger partial charge is 0.257 e. The van der Waals surface area contributed by atoms with Crippen molar-refractivity contribution in [2.24, 2.45) is 0 Å². The number of amides is 3. The molecule has 0 fully saturated rings. The molecule has 6 nitrogen and oxygen atoms in total. The molecule has 31 heavy (non-hydrogen) atoms. The van der Waals surface area contributed by atoms with Crippen LogP contribution in [0.1, 0.15) is 83.5 Å². The minimum atomic E-state index is -0.359. The van der Waals surface area contributed by atoms with Crippen LogP contribution in [0.25, 0.3) is 0 Å². The highest BCUT2D eigenvalue weighted by Gasteiger charge is 2.37. The molecule has 1 aliphatic rings. The molecule has 0 aromatic heterocycles. The lowest BCUT2D eigenvalue weighted by Crippen LogP contribution is -2.40. The average molecular weight is 429 g/mol. The van der Waals surface area contributed by atoms with Crippen LogP contribution in [0.3, 0.4) is 0 Å². The van der Waals surface area contributed by atoms with Gasteiger partial charge >= 0.3 is 0 Å². The Morgan fingerprint density at radius 2 is 1.65 bits per heavy atom. The molecule has 0 aromatic carbocycles. The number of hydrogen-bond donors (Lipinski definition) is 1. The summed E-state index contributed by atoms with van der Waals surface area (Å²) in [5.74, 6) is 5.29. The lowest BCUT2D eigenvalue weighted by molar-refractivity contribution is -0.143. The van der Waals surface area contributed by atoms with Gasteiger partial charge in [-0.1, -0.05) is 12.8 Å². The van der Waals surface area contributed by atoms with Gasteiger partial charge in [-0.15, -0.1) is 24.7 Å². The van der Waals surface area contributed by atoms with E-state index in [9.17, 15) is 14.4 Å². The fourth-order valence-corrected chi connectivity index (χ4v) is 3.60. The number of methoxy groups -OCH3 is 1. The zero-order valence-corrected chi connectivity index (χ0v) is 18.8. The summed E-state index contributed by atoms with van der Waals surface area (Å²) in [6.45, 7) is 0.582. The summed E-state index contributed by atoms with van der Waals surface area (Å²) < 4.78 is 5.34. The molecule has 1 unspecified atom stereocenters. The van der Waals surface area contributed by atoms with E-state index in [4.69, 9.17) is 17.6 Å². The summed E-state index contributed by atoms with van der Waals surface area (Å²) in [5.41, 5.74) is 0. The quantitative estimate of drug-likeness (QED) is 0.300. The number of rotatable bonds is 16. The van der Waals surface area contributed by atoms with Gasteiger partial charge in [0.05, 0.1) is 13.2 Å². The van der Waals surface area contributed by atoms with Gasteiger partial charge in [0, 0.05) is 38.3 Å². The third kappa shape index (κ3) is 10.2. The maximum Gasteiger partial charge on any atom is 0.257 e. The van der Waals surface area contributed by atoms with Crippen molar-refractivity contribution < 1.29 is 19.1 Å². The standard InChI is InChI=1S/C25H36N2O4/c1-4-6-8-10-12-17-23(28)26-19-15-14-16-21-22(31-3)20-25(30)27(21)24(29)18-13-11-9-7-5-2/h1-2,20-21H,6-19H2,3H3,(H,26,28). The van der Waals surface area contributed by atoms with Crippen LogP contribution in [-0.4, -0.2) is 42.3 Å². The summed E-state index contributed by atoms with van der Waals surface area (Å²) in [4.78, 5) is 38.1. The average Bonchev–Trinajstić information content (AvgIpc) is 3.08. The van der Waals surface area contributed by atoms with E-state index < -0.39 is 0 Å². The Morgan fingerprint density at radius 1 is 1.00 bits per heavy atom. The number of nitrogens with zero attached hydrogens (tertiary/aromatic N) is 1. The molecule has 0 aromatic rings. The Labute approximate surface area is 187 Å². The molecular weight excluding hydrogens is 392 g/mol. The highest BCUT2D eigenvalue weighted by atomic mass is 16.5. The molecule has 1 heterocycles. The first-order chi connectivity index (χ1) is 15.0. The van der Waals surface area contributed by atoms with Crippen molar-refractivity contribution in [3.05, 3.63) is 11.8 Å².